The van der Waals surface area contributed by atoms with Crippen molar-refractivity contribution in [3.05, 3.63) is 53.7 Å². The van der Waals surface area contributed by atoms with Crippen molar-refractivity contribution in [3.63, 3.8) is 0 Å². The van der Waals surface area contributed by atoms with Gasteiger partial charge >= 0.3 is 5.97 Å². The van der Waals surface area contributed by atoms with Crippen LogP contribution in [0.15, 0.2) is 48.1 Å². The maximum Gasteiger partial charge on any atom is 0.377 e. The summed E-state index contributed by atoms with van der Waals surface area (Å²) in [7, 11) is 0. The molecule has 0 amide bonds. The molecule has 0 radical (unpaired) electrons. The number of carbonyl (C=O) groups excluding carboxylic acids is 1. The van der Waals surface area contributed by atoms with Gasteiger partial charge in [0.1, 0.15) is 12.7 Å². The molecule has 1 aliphatic rings. The molecule has 0 saturated heterocycles. The molecule has 6 nitrogen and oxygen atoms in total. The van der Waals surface area contributed by atoms with E-state index in [0.29, 0.717) is 0 Å². The van der Waals surface area contributed by atoms with Crippen molar-refractivity contribution in [1.82, 2.24) is 0 Å². The Hall–Kier alpha value is -2.47. The molecule has 1 aromatic rings. The van der Waals surface area contributed by atoms with Crippen LogP contribution in [-0.4, -0.2) is 40.1 Å². The van der Waals surface area contributed by atoms with Gasteiger partial charge in [0.15, 0.2) is 11.9 Å². The summed E-state index contributed by atoms with van der Waals surface area (Å²) in [5, 5.41) is 28.2. The second-order valence-electron chi connectivity index (χ2n) is 4.17. The smallest absolute Gasteiger partial charge is 0.377 e. The van der Waals surface area contributed by atoms with Gasteiger partial charge in [-0.25, -0.2) is 4.79 Å². The molecule has 0 fully saturated rings. The van der Waals surface area contributed by atoms with Gasteiger partial charge < -0.3 is 24.8 Å². The zero-order valence-electron chi connectivity index (χ0n) is 10.5. The molecule has 0 saturated carbocycles. The summed E-state index contributed by atoms with van der Waals surface area (Å²) < 4.78 is 9.69. The first-order valence-corrected chi connectivity index (χ1v) is 5.94. The third kappa shape index (κ3) is 3.10. The van der Waals surface area contributed by atoms with E-state index in [1.54, 1.807) is 6.08 Å². The monoisotopic (exact) mass is 278 g/mol. The van der Waals surface area contributed by atoms with Crippen molar-refractivity contribution in [1.29, 1.82) is 0 Å². The van der Waals surface area contributed by atoms with Crippen molar-refractivity contribution in [2.24, 2.45) is 0 Å². The van der Waals surface area contributed by atoms with Gasteiger partial charge in [-0.05, 0) is 11.6 Å². The first-order valence-electron chi connectivity index (χ1n) is 5.94. The van der Waals surface area contributed by atoms with Crippen LogP contribution in [0.4, 0.5) is 0 Å². The fraction of sp³-hybridized carbons (Fsp3) is 0.214. The van der Waals surface area contributed by atoms with E-state index in [4.69, 9.17) is 9.84 Å². The van der Waals surface area contributed by atoms with E-state index in [-0.39, 0.29) is 6.61 Å². The summed E-state index contributed by atoms with van der Waals surface area (Å²) in [6.45, 7) is -0.196. The molecule has 1 aliphatic heterocycles. The van der Waals surface area contributed by atoms with E-state index in [9.17, 15) is 15.0 Å². The van der Waals surface area contributed by atoms with E-state index in [1.165, 1.54) is 6.26 Å². The number of hydrogen-bond acceptors (Lipinski definition) is 6. The number of rotatable bonds is 5. The van der Waals surface area contributed by atoms with Gasteiger partial charge in [0.2, 0.25) is 5.76 Å². The lowest BCUT2D eigenvalue weighted by molar-refractivity contribution is -0.147. The molecule has 106 valence electrons. The highest BCUT2D eigenvalue weighted by molar-refractivity contribution is 5.89. The SMILES string of the molecule is O=C1O[C@H]([C@@H](O)COC=Cc2ccccc2)C(O)=C1O. The van der Waals surface area contributed by atoms with Crippen molar-refractivity contribution < 1.29 is 29.6 Å². The minimum Gasteiger partial charge on any atom is -0.505 e. The Morgan fingerprint density at radius 2 is 2.00 bits per heavy atom. The standard InChI is InChI=1S/C14H14O6/c15-10(13-11(16)12(17)14(18)20-13)8-19-7-6-9-4-2-1-3-5-9/h1-7,10,13,15-17H,8H2/t10-,13+/m0/s1. The zero-order chi connectivity index (χ0) is 14.5. The number of benzene rings is 1. The molecule has 0 bridgehead atoms. The molecular formula is C14H14O6. The fourth-order valence-corrected chi connectivity index (χ4v) is 1.66. The average molecular weight is 278 g/mol. The van der Waals surface area contributed by atoms with E-state index < -0.39 is 29.7 Å². The number of hydrogen-bond donors (Lipinski definition) is 3. The van der Waals surface area contributed by atoms with Crippen molar-refractivity contribution in [3.8, 4) is 0 Å². The first kappa shape index (κ1) is 14.0. The number of esters is 1. The molecule has 1 heterocycles. The second kappa shape index (κ2) is 6.12. The van der Waals surface area contributed by atoms with Gasteiger partial charge in [-0.15, -0.1) is 0 Å². The van der Waals surface area contributed by atoms with Crippen molar-refractivity contribution in [2.45, 2.75) is 12.2 Å². The number of carbonyl (C=O) groups is 1. The predicted octanol–water partition coefficient (Wildman–Crippen LogP) is 1.29. The van der Waals surface area contributed by atoms with E-state index in [2.05, 4.69) is 4.74 Å². The van der Waals surface area contributed by atoms with Crippen LogP contribution in [0.25, 0.3) is 6.08 Å². The maximum absolute atomic E-state index is 11.0. The Labute approximate surface area is 115 Å². The van der Waals surface area contributed by atoms with Crippen molar-refractivity contribution >= 4 is 12.0 Å². The average Bonchev–Trinajstić information content (AvgIpc) is 2.72. The summed E-state index contributed by atoms with van der Waals surface area (Å²) >= 11 is 0. The van der Waals surface area contributed by atoms with Gasteiger partial charge in [-0.3, -0.25) is 0 Å². The largest absolute Gasteiger partial charge is 0.505 e. The summed E-state index contributed by atoms with van der Waals surface area (Å²) in [5.74, 6) is -2.63. The number of aliphatic hydroxyl groups is 3. The quantitative estimate of drug-likeness (QED) is 0.554. The van der Waals surface area contributed by atoms with Gasteiger partial charge in [0.25, 0.3) is 0 Å². The number of cyclic esters (lactones) is 1. The Morgan fingerprint density at radius 1 is 1.30 bits per heavy atom. The topological polar surface area (TPSA) is 96.2 Å². The molecule has 0 aliphatic carbocycles. The summed E-state index contributed by atoms with van der Waals surface area (Å²) in [6, 6.07) is 9.39. The lowest BCUT2D eigenvalue weighted by Crippen LogP contribution is -2.32. The molecule has 1 aromatic carbocycles. The zero-order valence-corrected chi connectivity index (χ0v) is 10.5. The maximum atomic E-state index is 11.0. The number of ether oxygens (including phenoxy) is 2. The summed E-state index contributed by atoms with van der Waals surface area (Å²) in [5.41, 5.74) is 0.926. The first-order chi connectivity index (χ1) is 9.59. The fourth-order valence-electron chi connectivity index (χ4n) is 1.66. The molecular weight excluding hydrogens is 264 g/mol. The summed E-state index contributed by atoms with van der Waals surface area (Å²) in [4.78, 5) is 11.0. The van der Waals surface area contributed by atoms with Gasteiger partial charge in [0, 0.05) is 0 Å². The highest BCUT2D eigenvalue weighted by atomic mass is 16.6. The highest BCUT2D eigenvalue weighted by Crippen LogP contribution is 2.21. The molecule has 0 aromatic heterocycles. The molecule has 3 N–H and O–H groups in total. The third-order valence-electron chi connectivity index (χ3n) is 2.71. The molecule has 20 heavy (non-hydrogen) atoms. The lowest BCUT2D eigenvalue weighted by Gasteiger charge is -2.16. The normalized spacial score (nSPS) is 20.2. The Morgan fingerprint density at radius 3 is 2.60 bits per heavy atom. The molecule has 6 heteroatoms. The molecule has 0 spiro atoms. The molecule has 2 rings (SSSR count). The Kier molecular flexibility index (Phi) is 4.27. The summed E-state index contributed by atoms with van der Waals surface area (Å²) in [6.07, 6.45) is 0.507. The van der Waals surface area contributed by atoms with Gasteiger partial charge in [-0.2, -0.15) is 0 Å². The molecule has 0 unspecified atom stereocenters. The van der Waals surface area contributed by atoms with E-state index in [0.717, 1.165) is 5.56 Å². The van der Waals surface area contributed by atoms with Crippen molar-refractivity contribution in [2.75, 3.05) is 6.61 Å². The third-order valence-corrected chi connectivity index (χ3v) is 2.71. The molecule has 2 atom stereocenters. The van der Waals surface area contributed by atoms with Crippen LogP contribution in [0.5, 0.6) is 0 Å². The number of aliphatic hydroxyl groups excluding tert-OH is 3. The Bertz CT molecular complexity index is 534. The van der Waals surface area contributed by atoms with E-state index in [1.807, 2.05) is 30.3 Å². The van der Waals surface area contributed by atoms with Crippen LogP contribution < -0.4 is 0 Å². The van der Waals surface area contributed by atoms with Crippen LogP contribution in [0.3, 0.4) is 0 Å². The minimum absolute atomic E-state index is 0.196. The van der Waals surface area contributed by atoms with Crippen LogP contribution >= 0.6 is 0 Å². The van der Waals surface area contributed by atoms with Gasteiger partial charge in [-0.1, -0.05) is 30.3 Å². The van der Waals surface area contributed by atoms with Crippen LogP contribution in [0.2, 0.25) is 0 Å². The van der Waals surface area contributed by atoms with Crippen LogP contribution in [-0.2, 0) is 14.3 Å². The predicted molar refractivity (Wildman–Crippen MR) is 69.6 cm³/mol. The Balaban J connectivity index is 1.83. The van der Waals surface area contributed by atoms with Crippen LogP contribution in [0, 0.1) is 0 Å². The van der Waals surface area contributed by atoms with E-state index >= 15 is 0 Å². The second-order valence-corrected chi connectivity index (χ2v) is 4.17. The highest BCUT2D eigenvalue weighted by Gasteiger charge is 2.39. The lowest BCUT2D eigenvalue weighted by atomic mass is 10.2. The van der Waals surface area contributed by atoms with Gasteiger partial charge in [0.05, 0.1) is 6.26 Å². The minimum atomic E-state index is -1.30. The van der Waals surface area contributed by atoms with Crippen LogP contribution in [0.1, 0.15) is 5.56 Å².